The number of nitro groups is 1. The van der Waals surface area contributed by atoms with Crippen LogP contribution in [0, 0.1) is 30.9 Å². The number of hydrogen-bond acceptors (Lipinski definition) is 4. The minimum atomic E-state index is -0.218. The van der Waals surface area contributed by atoms with Crippen LogP contribution in [0.3, 0.4) is 0 Å². The Bertz CT molecular complexity index is 799. The van der Waals surface area contributed by atoms with Crippen LogP contribution >= 0.6 is 0 Å². The maximum absolute atomic E-state index is 11.1. The van der Waals surface area contributed by atoms with E-state index < -0.39 is 0 Å². The van der Waals surface area contributed by atoms with Crippen molar-refractivity contribution in [3.63, 3.8) is 0 Å². The molecule has 1 N–H and O–H groups in total. The van der Waals surface area contributed by atoms with Gasteiger partial charge in [-0.05, 0) is 95.4 Å². The first kappa shape index (κ1) is 25.2. The summed E-state index contributed by atoms with van der Waals surface area (Å²) < 4.78 is 6.51. The number of nitrogens with zero attached hydrogens (tertiary/aromatic N) is 1. The Morgan fingerprint density at radius 2 is 1.77 bits per heavy atom. The Kier molecular flexibility index (Phi) is 9.39. The molecule has 1 heterocycles. The number of hydrogen-bond donors (Lipinski definition) is 1. The van der Waals surface area contributed by atoms with Crippen molar-refractivity contribution in [1.29, 1.82) is 0 Å². The molecule has 0 saturated heterocycles. The lowest BCUT2D eigenvalue weighted by Gasteiger charge is -2.38. The molecule has 1 aliphatic rings. The average Bonchev–Trinajstić information content (AvgIpc) is 2.74. The number of aromatic hydroxyl groups is 1. The molecule has 0 radical (unpaired) electrons. The standard InChI is InChI=1S/C26H41NO4/c1-6-7-14-22(27(29)30)15-12-10-8-9-11-13-17-26(5)18-16-23-21(4)24(28)19(2)20(3)25(23)31-26/h15,28H,6-14,16-18H2,1-5H3. The summed E-state index contributed by atoms with van der Waals surface area (Å²) >= 11 is 0. The highest BCUT2D eigenvalue weighted by molar-refractivity contribution is 5.58. The van der Waals surface area contributed by atoms with Gasteiger partial charge in [0, 0.05) is 12.0 Å². The molecule has 31 heavy (non-hydrogen) atoms. The third-order valence-electron chi connectivity index (χ3n) is 6.90. The van der Waals surface area contributed by atoms with Crippen LogP contribution in [-0.2, 0) is 6.42 Å². The number of benzene rings is 1. The Morgan fingerprint density at radius 3 is 2.45 bits per heavy atom. The Hall–Kier alpha value is -2.04. The molecule has 174 valence electrons. The molecule has 5 nitrogen and oxygen atoms in total. The van der Waals surface area contributed by atoms with Crippen molar-refractivity contribution in [2.45, 2.75) is 117 Å². The molecule has 0 bridgehead atoms. The molecule has 2 rings (SSSR count). The number of ether oxygens (including phenoxy) is 1. The van der Waals surface area contributed by atoms with Crippen molar-refractivity contribution in [2.75, 3.05) is 0 Å². The maximum Gasteiger partial charge on any atom is 0.242 e. The summed E-state index contributed by atoms with van der Waals surface area (Å²) in [7, 11) is 0. The second-order valence-electron chi connectivity index (χ2n) is 9.45. The van der Waals surface area contributed by atoms with E-state index in [4.69, 9.17) is 4.74 Å². The molecule has 0 aliphatic carbocycles. The van der Waals surface area contributed by atoms with Gasteiger partial charge in [0.25, 0.3) is 0 Å². The summed E-state index contributed by atoms with van der Waals surface area (Å²) in [6, 6.07) is 0. The molecule has 0 saturated carbocycles. The van der Waals surface area contributed by atoms with Gasteiger partial charge in [0.2, 0.25) is 5.70 Å². The summed E-state index contributed by atoms with van der Waals surface area (Å²) in [5.41, 5.74) is 4.35. The Morgan fingerprint density at radius 1 is 1.10 bits per heavy atom. The lowest BCUT2D eigenvalue weighted by Crippen LogP contribution is -2.37. The number of phenolic OH excluding ortho intramolecular Hbond substituents is 1. The first-order valence-electron chi connectivity index (χ1n) is 12.0. The van der Waals surface area contributed by atoms with Gasteiger partial charge < -0.3 is 9.84 Å². The van der Waals surface area contributed by atoms with E-state index in [0.717, 1.165) is 86.6 Å². The largest absolute Gasteiger partial charge is 0.507 e. The van der Waals surface area contributed by atoms with Crippen LogP contribution in [-0.4, -0.2) is 15.6 Å². The number of unbranched alkanes of at least 4 members (excludes halogenated alkanes) is 6. The van der Waals surface area contributed by atoms with Gasteiger partial charge >= 0.3 is 0 Å². The second kappa shape index (κ2) is 11.5. The van der Waals surface area contributed by atoms with Gasteiger partial charge in [-0.1, -0.05) is 32.6 Å². The fourth-order valence-corrected chi connectivity index (χ4v) is 4.54. The molecule has 1 aromatic carbocycles. The van der Waals surface area contributed by atoms with Crippen molar-refractivity contribution in [3.8, 4) is 11.5 Å². The van der Waals surface area contributed by atoms with Gasteiger partial charge in [-0.25, -0.2) is 0 Å². The SMILES string of the molecule is CCCCC(=CCCCCCCCC1(C)CCc2c(C)c(O)c(C)c(C)c2O1)[N+](=O)[O-]. The van der Waals surface area contributed by atoms with Crippen LogP contribution in [0.1, 0.15) is 107 Å². The van der Waals surface area contributed by atoms with E-state index in [0.29, 0.717) is 17.9 Å². The van der Waals surface area contributed by atoms with Gasteiger partial charge in [0.15, 0.2) is 0 Å². The van der Waals surface area contributed by atoms with E-state index >= 15 is 0 Å². The van der Waals surface area contributed by atoms with Crippen LogP contribution in [0.25, 0.3) is 0 Å². The van der Waals surface area contributed by atoms with Gasteiger partial charge in [-0.2, -0.15) is 0 Å². The third-order valence-corrected chi connectivity index (χ3v) is 6.90. The maximum atomic E-state index is 11.1. The highest BCUT2D eigenvalue weighted by Gasteiger charge is 2.34. The Balaban J connectivity index is 1.74. The predicted octanol–water partition coefficient (Wildman–Crippen LogP) is 7.48. The van der Waals surface area contributed by atoms with Gasteiger partial charge in [0.05, 0.1) is 4.92 Å². The smallest absolute Gasteiger partial charge is 0.242 e. The van der Waals surface area contributed by atoms with E-state index in [1.165, 1.54) is 12.0 Å². The highest BCUT2D eigenvalue weighted by Crippen LogP contribution is 2.44. The Labute approximate surface area is 188 Å². The fraction of sp³-hybridized carbons (Fsp3) is 0.692. The minimum Gasteiger partial charge on any atom is -0.507 e. The van der Waals surface area contributed by atoms with Crippen molar-refractivity contribution in [3.05, 3.63) is 44.1 Å². The molecule has 0 aromatic heterocycles. The van der Waals surface area contributed by atoms with E-state index in [-0.39, 0.29) is 10.5 Å². The zero-order valence-corrected chi connectivity index (χ0v) is 20.2. The number of fused-ring (bicyclic) bond motifs is 1. The molecule has 1 atom stereocenters. The zero-order valence-electron chi connectivity index (χ0n) is 20.2. The van der Waals surface area contributed by atoms with Gasteiger partial charge in [-0.15, -0.1) is 0 Å². The highest BCUT2D eigenvalue weighted by atomic mass is 16.6. The zero-order chi connectivity index (χ0) is 23.0. The molecular weight excluding hydrogens is 390 g/mol. The molecule has 1 unspecified atom stereocenters. The summed E-state index contributed by atoms with van der Waals surface area (Å²) in [5, 5.41) is 21.4. The second-order valence-corrected chi connectivity index (χ2v) is 9.45. The summed E-state index contributed by atoms with van der Waals surface area (Å²) in [6.07, 6.45) is 13.7. The van der Waals surface area contributed by atoms with E-state index in [1.54, 1.807) is 0 Å². The lowest BCUT2D eigenvalue weighted by molar-refractivity contribution is -0.428. The quantitative estimate of drug-likeness (QED) is 0.211. The van der Waals surface area contributed by atoms with Crippen LogP contribution in [0.15, 0.2) is 11.8 Å². The van der Waals surface area contributed by atoms with Crippen molar-refractivity contribution < 1.29 is 14.8 Å². The van der Waals surface area contributed by atoms with E-state index in [1.807, 2.05) is 26.8 Å². The molecule has 0 fully saturated rings. The van der Waals surface area contributed by atoms with Gasteiger partial charge in [0.1, 0.15) is 17.1 Å². The van der Waals surface area contributed by atoms with Crippen molar-refractivity contribution >= 4 is 0 Å². The summed E-state index contributed by atoms with van der Waals surface area (Å²) in [6.45, 7) is 10.3. The topological polar surface area (TPSA) is 72.6 Å². The normalized spacial score (nSPS) is 18.5. The minimum absolute atomic E-state index is 0.143. The molecular formula is C26H41NO4. The molecule has 5 heteroatoms. The predicted molar refractivity (Wildman–Crippen MR) is 127 cm³/mol. The van der Waals surface area contributed by atoms with Crippen LogP contribution in [0.4, 0.5) is 0 Å². The van der Waals surface area contributed by atoms with Crippen LogP contribution in [0.2, 0.25) is 0 Å². The van der Waals surface area contributed by atoms with Crippen LogP contribution in [0.5, 0.6) is 11.5 Å². The van der Waals surface area contributed by atoms with Gasteiger partial charge in [-0.3, -0.25) is 10.1 Å². The fourth-order valence-electron chi connectivity index (χ4n) is 4.54. The summed E-state index contributed by atoms with van der Waals surface area (Å²) in [5.74, 6) is 1.40. The monoisotopic (exact) mass is 431 g/mol. The molecule has 1 aliphatic heterocycles. The summed E-state index contributed by atoms with van der Waals surface area (Å²) in [4.78, 5) is 10.8. The number of rotatable bonds is 12. The van der Waals surface area contributed by atoms with Crippen molar-refractivity contribution in [1.82, 2.24) is 0 Å². The number of allylic oxidation sites excluding steroid dienone is 2. The molecule has 0 amide bonds. The average molecular weight is 432 g/mol. The first-order chi connectivity index (χ1) is 14.7. The van der Waals surface area contributed by atoms with E-state index in [9.17, 15) is 15.2 Å². The van der Waals surface area contributed by atoms with Crippen LogP contribution < -0.4 is 4.74 Å². The number of phenols is 1. The molecule has 0 spiro atoms. The first-order valence-corrected chi connectivity index (χ1v) is 12.0. The third kappa shape index (κ3) is 6.72. The molecule has 1 aromatic rings. The lowest BCUT2D eigenvalue weighted by atomic mass is 9.84. The van der Waals surface area contributed by atoms with E-state index in [2.05, 4.69) is 13.8 Å². The van der Waals surface area contributed by atoms with Crippen molar-refractivity contribution in [2.24, 2.45) is 0 Å².